The number of rotatable bonds is 0. The molecule has 3 rings (SSSR count). The molecule has 2 nitrogen and oxygen atoms in total. The molecule has 0 aliphatic heterocycles. The van der Waals surface area contributed by atoms with Crippen LogP contribution in [0.3, 0.4) is 0 Å². The molecule has 3 aromatic rings. The molecule has 0 radical (unpaired) electrons. The van der Waals surface area contributed by atoms with Gasteiger partial charge < -0.3 is 0 Å². The van der Waals surface area contributed by atoms with E-state index < -0.39 is 0 Å². The van der Waals surface area contributed by atoms with Gasteiger partial charge in [0, 0.05) is 23.8 Å². The highest BCUT2D eigenvalue weighted by molar-refractivity contribution is 5.19. The summed E-state index contributed by atoms with van der Waals surface area (Å²) in [6.45, 7) is 16.5. The van der Waals surface area contributed by atoms with E-state index in [-0.39, 0.29) is 0 Å². The fourth-order valence-corrected chi connectivity index (χ4v) is 1.72. The van der Waals surface area contributed by atoms with Gasteiger partial charge in [0.1, 0.15) is 0 Å². The minimum Gasteiger partial charge on any atom is -0.261 e. The maximum atomic E-state index is 4.08. The minimum absolute atomic E-state index is 1.08. The average molecular weight is 365 g/mol. The molecule has 0 saturated heterocycles. The molecule has 0 amide bonds. The van der Waals surface area contributed by atoms with Gasteiger partial charge in [-0.3, -0.25) is 9.97 Å². The Morgan fingerprint density at radius 2 is 0.741 bits per heavy atom. The van der Waals surface area contributed by atoms with Crippen LogP contribution in [0.15, 0.2) is 60.9 Å². The lowest BCUT2D eigenvalue weighted by Gasteiger charge is -1.90. The summed E-state index contributed by atoms with van der Waals surface area (Å²) >= 11 is 0. The average Bonchev–Trinajstić information content (AvgIpc) is 2.64. The van der Waals surface area contributed by atoms with Crippen LogP contribution < -0.4 is 0 Å². The van der Waals surface area contributed by atoms with Crippen molar-refractivity contribution in [2.75, 3.05) is 0 Å². The Hall–Kier alpha value is -2.48. The molecule has 0 N–H and O–H groups in total. The molecule has 27 heavy (non-hydrogen) atoms. The van der Waals surface area contributed by atoms with E-state index >= 15 is 0 Å². The predicted molar refractivity (Wildman–Crippen MR) is 119 cm³/mol. The van der Waals surface area contributed by atoms with Gasteiger partial charge in [0.15, 0.2) is 0 Å². The topological polar surface area (TPSA) is 25.8 Å². The highest BCUT2D eigenvalue weighted by Gasteiger charge is 1.82. The summed E-state index contributed by atoms with van der Waals surface area (Å²) in [7, 11) is 0. The molecule has 0 spiro atoms. The lowest BCUT2D eigenvalue weighted by Crippen LogP contribution is -1.78. The lowest BCUT2D eigenvalue weighted by molar-refractivity contribution is 1.09. The van der Waals surface area contributed by atoms with Crippen molar-refractivity contribution in [2.45, 2.75) is 61.8 Å². The van der Waals surface area contributed by atoms with Crippen molar-refractivity contribution in [1.82, 2.24) is 9.97 Å². The van der Waals surface area contributed by atoms with E-state index in [0.717, 1.165) is 11.4 Å². The molecule has 1 aromatic carbocycles. The summed E-state index contributed by atoms with van der Waals surface area (Å²) in [6, 6.07) is 16.6. The van der Waals surface area contributed by atoms with Crippen molar-refractivity contribution < 1.29 is 0 Å². The van der Waals surface area contributed by atoms with Crippen LogP contribution in [0.25, 0.3) is 0 Å². The maximum Gasteiger partial charge on any atom is 0.0372 e. The Labute approximate surface area is 166 Å². The van der Waals surface area contributed by atoms with Crippen molar-refractivity contribution in [3.63, 3.8) is 0 Å². The van der Waals surface area contributed by atoms with Crippen molar-refractivity contribution in [3.05, 3.63) is 94.6 Å². The Balaban J connectivity index is 0.000000350. The van der Waals surface area contributed by atoms with Gasteiger partial charge in [-0.1, -0.05) is 67.8 Å². The Kier molecular flexibility index (Phi) is 13.3. The van der Waals surface area contributed by atoms with Crippen LogP contribution >= 0.6 is 0 Å². The number of hydrogen-bond acceptors (Lipinski definition) is 2. The molecule has 0 atom stereocenters. The summed E-state index contributed by atoms with van der Waals surface area (Å²) in [6.07, 6.45) is 4.99. The smallest absolute Gasteiger partial charge is 0.0372 e. The fourth-order valence-electron chi connectivity index (χ4n) is 1.72. The van der Waals surface area contributed by atoms with Gasteiger partial charge in [0.25, 0.3) is 0 Å². The van der Waals surface area contributed by atoms with Gasteiger partial charge >= 0.3 is 0 Å². The largest absolute Gasteiger partial charge is 0.261 e. The highest BCUT2D eigenvalue weighted by atomic mass is 14.7. The van der Waals surface area contributed by atoms with Crippen LogP contribution in [-0.4, -0.2) is 9.97 Å². The zero-order chi connectivity index (χ0) is 20.7. The van der Waals surface area contributed by atoms with Gasteiger partial charge in [0.05, 0.1) is 0 Å². The van der Waals surface area contributed by atoms with E-state index in [2.05, 4.69) is 74.1 Å². The highest BCUT2D eigenvalue weighted by Crippen LogP contribution is 1.99. The Morgan fingerprint density at radius 3 is 0.926 bits per heavy atom. The van der Waals surface area contributed by atoms with E-state index in [0.29, 0.717) is 0 Å². The second-order valence-electron chi connectivity index (χ2n) is 6.82. The maximum absolute atomic E-state index is 4.08. The van der Waals surface area contributed by atoms with E-state index in [4.69, 9.17) is 0 Å². The quantitative estimate of drug-likeness (QED) is 0.424. The van der Waals surface area contributed by atoms with Gasteiger partial charge in [-0.2, -0.15) is 0 Å². The van der Waals surface area contributed by atoms with Gasteiger partial charge in [-0.05, 0) is 64.8 Å². The third-order valence-electron chi connectivity index (χ3n) is 3.34. The molecule has 0 fully saturated rings. The normalized spacial score (nSPS) is 8.89. The van der Waals surface area contributed by atoms with Gasteiger partial charge in [-0.15, -0.1) is 0 Å². The first-order valence-electron chi connectivity index (χ1n) is 9.60. The standard InChI is InChI=1S/C8H10.2C7H9N.C3H8/c1-7-3-5-8(2)6-4-7;2*1-6-3-4-7(2)8-5-6;1-3-2/h3-6H,1-2H3;2*3-5H,1-2H3;3H2,1-2H3. The van der Waals surface area contributed by atoms with Crippen LogP contribution in [0.4, 0.5) is 0 Å². The van der Waals surface area contributed by atoms with Gasteiger partial charge in [0.2, 0.25) is 0 Å². The second-order valence-corrected chi connectivity index (χ2v) is 6.82. The van der Waals surface area contributed by atoms with Crippen molar-refractivity contribution >= 4 is 0 Å². The SMILES string of the molecule is CCC.Cc1ccc(C)cc1.Cc1ccc(C)nc1.Cc1ccc(C)nc1. The van der Waals surface area contributed by atoms with Crippen LogP contribution in [-0.2, 0) is 0 Å². The molecular formula is C25H36N2. The van der Waals surface area contributed by atoms with Crippen LogP contribution in [0.1, 0.15) is 53.9 Å². The number of aromatic nitrogens is 2. The zero-order valence-corrected chi connectivity index (χ0v) is 18.4. The third kappa shape index (κ3) is 14.4. The second kappa shape index (κ2) is 14.7. The molecule has 0 unspecified atom stereocenters. The molecule has 0 saturated carbocycles. The van der Waals surface area contributed by atoms with Crippen molar-refractivity contribution in [1.29, 1.82) is 0 Å². The lowest BCUT2D eigenvalue weighted by atomic mass is 10.2. The first kappa shape index (κ1) is 24.5. The molecule has 0 aliphatic carbocycles. The van der Waals surface area contributed by atoms with Crippen molar-refractivity contribution in [3.8, 4) is 0 Å². The van der Waals surface area contributed by atoms with E-state index in [9.17, 15) is 0 Å². The first-order valence-corrected chi connectivity index (χ1v) is 9.60. The summed E-state index contributed by atoms with van der Waals surface area (Å²) < 4.78 is 0. The predicted octanol–water partition coefficient (Wildman–Crippen LogP) is 7.12. The molecule has 2 heteroatoms. The first-order chi connectivity index (χ1) is 12.8. The fraction of sp³-hybridized carbons (Fsp3) is 0.360. The van der Waals surface area contributed by atoms with Crippen LogP contribution in [0.5, 0.6) is 0 Å². The summed E-state index contributed by atoms with van der Waals surface area (Å²) in [5, 5.41) is 0. The van der Waals surface area contributed by atoms with E-state index in [1.807, 2.05) is 52.2 Å². The number of hydrogen-bond donors (Lipinski definition) is 0. The summed E-state index contributed by atoms with van der Waals surface area (Å²) in [5.74, 6) is 0. The van der Waals surface area contributed by atoms with Crippen LogP contribution in [0.2, 0.25) is 0 Å². The van der Waals surface area contributed by atoms with Crippen molar-refractivity contribution in [2.24, 2.45) is 0 Å². The van der Waals surface area contributed by atoms with Gasteiger partial charge in [-0.25, -0.2) is 0 Å². The monoisotopic (exact) mass is 364 g/mol. The molecule has 0 aliphatic rings. The zero-order valence-electron chi connectivity index (χ0n) is 18.4. The Morgan fingerprint density at radius 1 is 0.481 bits per heavy atom. The number of nitrogens with zero attached hydrogens (tertiary/aromatic N) is 2. The van der Waals surface area contributed by atoms with Crippen LogP contribution in [0, 0.1) is 41.5 Å². The molecular weight excluding hydrogens is 328 g/mol. The summed E-state index contributed by atoms with van der Waals surface area (Å²) in [4.78, 5) is 8.16. The number of pyridine rings is 2. The molecule has 146 valence electrons. The molecule has 2 heterocycles. The Bertz CT molecular complexity index is 545. The molecule has 0 bridgehead atoms. The number of aryl methyl sites for hydroxylation is 6. The minimum atomic E-state index is 1.08. The molecule has 2 aromatic heterocycles. The van der Waals surface area contributed by atoms with E-state index in [1.165, 1.54) is 28.7 Å². The summed E-state index contributed by atoms with van der Waals surface area (Å²) in [5.41, 5.74) is 7.25. The number of benzene rings is 1. The third-order valence-corrected chi connectivity index (χ3v) is 3.34. The van der Waals surface area contributed by atoms with E-state index in [1.54, 1.807) is 0 Å².